The Morgan fingerprint density at radius 3 is 2.60 bits per heavy atom. The average molecular weight is 390 g/mol. The minimum absolute atomic E-state index is 0.303. The van der Waals surface area contributed by atoms with E-state index in [9.17, 15) is 5.11 Å². The van der Waals surface area contributed by atoms with Gasteiger partial charge in [0.15, 0.2) is 11.5 Å². The quantitative estimate of drug-likeness (QED) is 0.783. The van der Waals surface area contributed by atoms with Gasteiger partial charge in [0.1, 0.15) is 0 Å². The Hall–Kier alpha value is -0.530. The van der Waals surface area contributed by atoms with Gasteiger partial charge in [0, 0.05) is 35.3 Å². The van der Waals surface area contributed by atoms with Crippen LogP contribution in [0.1, 0.15) is 12.0 Å². The number of nitrogens with zero attached hydrogens (tertiary/aromatic N) is 2. The van der Waals surface area contributed by atoms with Gasteiger partial charge >= 0.3 is 0 Å². The molecule has 1 aliphatic heterocycles. The standard InChI is InChI=1S/C15H23IN2O2/c1-17-8-10-18(11-9-17)7-3-4-12-13(16)5-6-14(20-2)15(12)19/h5-6,19H,3-4,7-11H2,1-2H3. The summed E-state index contributed by atoms with van der Waals surface area (Å²) in [6, 6.07) is 3.82. The summed E-state index contributed by atoms with van der Waals surface area (Å²) in [6.07, 6.45) is 1.97. The van der Waals surface area contributed by atoms with E-state index in [0.29, 0.717) is 11.5 Å². The zero-order chi connectivity index (χ0) is 14.5. The molecule has 112 valence electrons. The molecular formula is C15H23IN2O2. The highest BCUT2D eigenvalue weighted by Crippen LogP contribution is 2.33. The van der Waals surface area contributed by atoms with Gasteiger partial charge in [-0.15, -0.1) is 0 Å². The van der Waals surface area contributed by atoms with Crippen molar-refractivity contribution in [2.45, 2.75) is 12.8 Å². The molecule has 20 heavy (non-hydrogen) atoms. The van der Waals surface area contributed by atoms with Crippen LogP contribution in [-0.2, 0) is 6.42 Å². The highest BCUT2D eigenvalue weighted by molar-refractivity contribution is 14.1. The molecule has 1 N–H and O–H groups in total. The van der Waals surface area contributed by atoms with Gasteiger partial charge in [0.2, 0.25) is 0 Å². The minimum Gasteiger partial charge on any atom is -0.504 e. The first-order valence-corrected chi connectivity index (χ1v) is 8.15. The van der Waals surface area contributed by atoms with E-state index >= 15 is 0 Å². The van der Waals surface area contributed by atoms with Crippen molar-refractivity contribution in [3.05, 3.63) is 21.3 Å². The summed E-state index contributed by atoms with van der Waals surface area (Å²) in [4.78, 5) is 4.87. The number of piperazine rings is 1. The first-order valence-electron chi connectivity index (χ1n) is 7.07. The van der Waals surface area contributed by atoms with Crippen LogP contribution in [0.25, 0.3) is 0 Å². The van der Waals surface area contributed by atoms with Gasteiger partial charge in [0.25, 0.3) is 0 Å². The van der Waals surface area contributed by atoms with E-state index in [-0.39, 0.29) is 0 Å². The largest absolute Gasteiger partial charge is 0.504 e. The Labute approximate surface area is 134 Å². The van der Waals surface area contributed by atoms with E-state index in [1.54, 1.807) is 7.11 Å². The number of aromatic hydroxyl groups is 1. The molecule has 0 saturated carbocycles. The van der Waals surface area contributed by atoms with Gasteiger partial charge in [-0.1, -0.05) is 0 Å². The number of likely N-dealkylation sites (N-methyl/N-ethyl adjacent to an activating group) is 1. The third kappa shape index (κ3) is 3.99. The summed E-state index contributed by atoms with van der Waals surface area (Å²) >= 11 is 2.28. The molecule has 1 fully saturated rings. The molecule has 0 atom stereocenters. The Morgan fingerprint density at radius 2 is 1.95 bits per heavy atom. The zero-order valence-electron chi connectivity index (χ0n) is 12.2. The Balaban J connectivity index is 1.88. The lowest BCUT2D eigenvalue weighted by molar-refractivity contribution is 0.153. The molecule has 0 amide bonds. The Bertz CT molecular complexity index is 446. The van der Waals surface area contributed by atoms with E-state index < -0.39 is 0 Å². The summed E-state index contributed by atoms with van der Waals surface area (Å²) in [5.74, 6) is 0.873. The number of phenols is 1. The number of ether oxygens (including phenoxy) is 1. The fraction of sp³-hybridized carbons (Fsp3) is 0.600. The molecular weight excluding hydrogens is 367 g/mol. The molecule has 0 bridgehead atoms. The molecule has 1 heterocycles. The number of hydrogen-bond acceptors (Lipinski definition) is 4. The van der Waals surface area contributed by atoms with Crippen LogP contribution in [0.2, 0.25) is 0 Å². The lowest BCUT2D eigenvalue weighted by atomic mass is 10.1. The van der Waals surface area contributed by atoms with Crippen molar-refractivity contribution in [2.75, 3.05) is 46.9 Å². The Morgan fingerprint density at radius 1 is 1.25 bits per heavy atom. The van der Waals surface area contributed by atoms with Crippen molar-refractivity contribution in [3.8, 4) is 11.5 Å². The smallest absolute Gasteiger partial charge is 0.161 e. The van der Waals surface area contributed by atoms with Crippen LogP contribution in [0.15, 0.2) is 12.1 Å². The molecule has 0 aliphatic carbocycles. The number of benzene rings is 1. The number of phenolic OH excluding ortho intramolecular Hbond substituents is 1. The highest BCUT2D eigenvalue weighted by Gasteiger charge is 2.15. The summed E-state index contributed by atoms with van der Waals surface area (Å²) in [6.45, 7) is 5.71. The zero-order valence-corrected chi connectivity index (χ0v) is 14.4. The molecule has 5 heteroatoms. The maximum Gasteiger partial charge on any atom is 0.161 e. The molecule has 1 aromatic rings. The van der Waals surface area contributed by atoms with Gasteiger partial charge in [-0.2, -0.15) is 0 Å². The molecule has 1 aliphatic rings. The van der Waals surface area contributed by atoms with Crippen LogP contribution in [0.3, 0.4) is 0 Å². The van der Waals surface area contributed by atoms with Crippen LogP contribution in [0, 0.1) is 3.57 Å². The molecule has 0 unspecified atom stereocenters. The maximum atomic E-state index is 10.2. The molecule has 2 rings (SSSR count). The number of halogens is 1. The average Bonchev–Trinajstić information content (AvgIpc) is 2.44. The van der Waals surface area contributed by atoms with Crippen molar-refractivity contribution in [3.63, 3.8) is 0 Å². The predicted octanol–water partition coefficient (Wildman–Crippen LogP) is 2.19. The maximum absolute atomic E-state index is 10.2. The van der Waals surface area contributed by atoms with Crippen LogP contribution < -0.4 is 4.74 Å². The van der Waals surface area contributed by atoms with Gasteiger partial charge < -0.3 is 19.6 Å². The lowest BCUT2D eigenvalue weighted by Gasteiger charge is -2.32. The van der Waals surface area contributed by atoms with Crippen LogP contribution in [0.4, 0.5) is 0 Å². The second-order valence-corrected chi connectivity index (χ2v) is 6.49. The normalized spacial score (nSPS) is 17.4. The number of rotatable bonds is 5. The number of hydrogen-bond donors (Lipinski definition) is 1. The minimum atomic E-state index is 0.303. The third-order valence-corrected chi connectivity index (χ3v) is 4.92. The molecule has 0 aromatic heterocycles. The first-order chi connectivity index (χ1) is 9.61. The third-order valence-electron chi connectivity index (χ3n) is 3.91. The van der Waals surface area contributed by atoms with E-state index in [4.69, 9.17) is 4.74 Å². The summed E-state index contributed by atoms with van der Waals surface area (Å²) < 4.78 is 6.29. The fourth-order valence-electron chi connectivity index (χ4n) is 2.54. The number of methoxy groups -OCH3 is 1. The summed E-state index contributed by atoms with van der Waals surface area (Å²) in [7, 11) is 3.77. The SMILES string of the molecule is COc1ccc(I)c(CCCN2CCN(C)CC2)c1O. The van der Waals surface area contributed by atoms with Gasteiger partial charge in [-0.3, -0.25) is 0 Å². The monoisotopic (exact) mass is 390 g/mol. The lowest BCUT2D eigenvalue weighted by Crippen LogP contribution is -2.44. The van der Waals surface area contributed by atoms with Crippen LogP contribution in [-0.4, -0.2) is 61.8 Å². The highest BCUT2D eigenvalue weighted by atomic mass is 127. The van der Waals surface area contributed by atoms with Crippen LogP contribution in [0.5, 0.6) is 11.5 Å². The summed E-state index contributed by atoms with van der Waals surface area (Å²) in [5, 5.41) is 10.2. The van der Waals surface area contributed by atoms with Gasteiger partial charge in [0.05, 0.1) is 7.11 Å². The van der Waals surface area contributed by atoms with E-state index in [0.717, 1.165) is 54.7 Å². The molecule has 1 saturated heterocycles. The second-order valence-electron chi connectivity index (χ2n) is 5.33. The van der Waals surface area contributed by atoms with Crippen molar-refractivity contribution < 1.29 is 9.84 Å². The summed E-state index contributed by atoms with van der Waals surface area (Å²) in [5.41, 5.74) is 1.01. The van der Waals surface area contributed by atoms with Crippen LogP contribution >= 0.6 is 22.6 Å². The molecule has 1 aromatic carbocycles. The van der Waals surface area contributed by atoms with Gasteiger partial charge in [-0.05, 0) is 61.2 Å². The molecule has 4 nitrogen and oxygen atoms in total. The van der Waals surface area contributed by atoms with Crippen molar-refractivity contribution >= 4 is 22.6 Å². The van der Waals surface area contributed by atoms with Gasteiger partial charge in [-0.25, -0.2) is 0 Å². The van der Waals surface area contributed by atoms with E-state index in [1.807, 2.05) is 12.1 Å². The topological polar surface area (TPSA) is 35.9 Å². The predicted molar refractivity (Wildman–Crippen MR) is 89.6 cm³/mol. The van der Waals surface area contributed by atoms with Crippen molar-refractivity contribution in [1.29, 1.82) is 0 Å². The van der Waals surface area contributed by atoms with E-state index in [2.05, 4.69) is 39.4 Å². The molecule has 0 radical (unpaired) electrons. The van der Waals surface area contributed by atoms with E-state index in [1.165, 1.54) is 0 Å². The fourth-order valence-corrected chi connectivity index (χ4v) is 3.25. The molecule has 0 spiro atoms. The first kappa shape index (κ1) is 15.9. The second kappa shape index (κ2) is 7.47. The Kier molecular flexibility index (Phi) is 5.92. The van der Waals surface area contributed by atoms with Crippen molar-refractivity contribution in [1.82, 2.24) is 9.80 Å². The van der Waals surface area contributed by atoms with Crippen molar-refractivity contribution in [2.24, 2.45) is 0 Å².